The number of aliphatic hydroxyl groups is 1. The number of anilines is 2. The molecule has 61 heavy (non-hydrogen) atoms. The number of aliphatic hydroxyl groups excluding tert-OH is 1. The Hall–Kier alpha value is -5.53. The Morgan fingerprint density at radius 3 is 2.39 bits per heavy atom. The van der Waals surface area contributed by atoms with Gasteiger partial charge in [0.2, 0.25) is 11.8 Å². The van der Waals surface area contributed by atoms with Gasteiger partial charge < -0.3 is 34.7 Å². The smallest absolute Gasteiger partial charge is 0.264 e. The Labute approximate surface area is 366 Å². The number of carbonyl (C=O) groups excluding carboxylic acids is 3. The maximum atomic E-state index is 15.4. The number of methoxy groups -OCH3 is 1. The third-order valence-corrected chi connectivity index (χ3v) is 17.6. The first-order chi connectivity index (χ1) is 29.4. The van der Waals surface area contributed by atoms with Gasteiger partial charge in [-0.1, -0.05) is 114 Å². The molecule has 4 atom stereocenters. The Bertz CT molecular complexity index is 2550. The summed E-state index contributed by atoms with van der Waals surface area (Å²) in [6, 6.07) is 39.3. The Balaban J connectivity index is 1.09. The van der Waals surface area contributed by atoms with E-state index in [4.69, 9.17) is 9.47 Å². The van der Waals surface area contributed by atoms with Gasteiger partial charge >= 0.3 is 0 Å². The second kappa shape index (κ2) is 17.4. The zero-order valence-electron chi connectivity index (χ0n) is 34.9. The third kappa shape index (κ3) is 8.17. The molecule has 6 aromatic rings. The molecule has 1 saturated heterocycles. The second-order valence-electron chi connectivity index (χ2n) is 16.7. The molecule has 0 radical (unpaired) electrons. The maximum Gasteiger partial charge on any atom is 0.264 e. The summed E-state index contributed by atoms with van der Waals surface area (Å²) in [7, 11) is -0.882. The van der Waals surface area contributed by atoms with E-state index in [1.807, 2.05) is 115 Å². The monoisotopic (exact) mass is 898 g/mol. The fourth-order valence-corrected chi connectivity index (χ4v) is 14.1. The summed E-state index contributed by atoms with van der Waals surface area (Å²) in [5.41, 5.74) is 4.46. The minimum absolute atomic E-state index is 0.0558. The zero-order chi connectivity index (χ0) is 42.9. The molecule has 0 saturated carbocycles. The van der Waals surface area contributed by atoms with Gasteiger partial charge in [0, 0.05) is 51.8 Å². The molecule has 0 aliphatic carbocycles. The van der Waals surface area contributed by atoms with Crippen LogP contribution in [0, 0.1) is 5.92 Å². The van der Waals surface area contributed by atoms with Gasteiger partial charge in [-0.25, -0.2) is 0 Å². The summed E-state index contributed by atoms with van der Waals surface area (Å²) < 4.78 is 13.6. The molecule has 2 aliphatic rings. The van der Waals surface area contributed by atoms with Crippen LogP contribution in [0.3, 0.4) is 0 Å². The van der Waals surface area contributed by atoms with Gasteiger partial charge in [0.05, 0.1) is 53.0 Å². The Morgan fingerprint density at radius 1 is 0.951 bits per heavy atom. The van der Waals surface area contributed by atoms with E-state index < -0.39 is 19.8 Å². The topological polar surface area (TPSA) is 124 Å². The van der Waals surface area contributed by atoms with Gasteiger partial charge in [-0.2, -0.15) is 0 Å². The van der Waals surface area contributed by atoms with Crippen LogP contribution in [0.1, 0.15) is 35.6 Å². The summed E-state index contributed by atoms with van der Waals surface area (Å²) in [6.07, 6.45) is 1.58. The standard InChI is InChI=1S/C49H51BrN4O6Si/c1-32-47(61(3,4)39-21-19-38(59-2)20-22-39)44(28-46(57)53(24-25-55)30-33-10-6-5-7-11-33)60-49(32)41-27-36(50)16-23-43(41)54(48(49)58)31-34-14-17-37(18-15-34)52-45(56)26-35-29-51-42-13-9-8-12-40(35)42/h5-23,27,29,32,44,47,51,55H,24-26,28,30-31H2,1-4H3,(H,52,56)/t32-,44+,47-,49+/m0/s1. The van der Waals surface area contributed by atoms with E-state index in [0.717, 1.165) is 49.1 Å². The van der Waals surface area contributed by atoms with Gasteiger partial charge in [0.15, 0.2) is 5.60 Å². The van der Waals surface area contributed by atoms with E-state index in [2.05, 4.69) is 58.4 Å². The first-order valence-electron chi connectivity index (χ1n) is 20.7. The average Bonchev–Trinajstić information content (AvgIpc) is 3.88. The molecule has 3 amide bonds. The number of aromatic nitrogens is 1. The van der Waals surface area contributed by atoms with Crippen LogP contribution in [0.25, 0.3) is 10.9 Å². The molecular formula is C49H51BrN4O6Si. The number of hydrogen-bond donors (Lipinski definition) is 3. The van der Waals surface area contributed by atoms with Crippen LogP contribution < -0.4 is 20.1 Å². The van der Waals surface area contributed by atoms with E-state index in [-0.39, 0.29) is 61.7 Å². The van der Waals surface area contributed by atoms with Crippen LogP contribution in [0.2, 0.25) is 18.6 Å². The van der Waals surface area contributed by atoms with Gasteiger partial charge in [0.25, 0.3) is 5.91 Å². The Morgan fingerprint density at radius 2 is 1.67 bits per heavy atom. The minimum atomic E-state index is -2.53. The molecule has 3 N–H and O–H groups in total. The van der Waals surface area contributed by atoms with E-state index in [1.54, 1.807) is 16.9 Å². The van der Waals surface area contributed by atoms with Crippen molar-refractivity contribution in [2.45, 2.75) is 63.2 Å². The summed E-state index contributed by atoms with van der Waals surface area (Å²) in [4.78, 5) is 49.6. The van der Waals surface area contributed by atoms with E-state index >= 15 is 4.79 Å². The van der Waals surface area contributed by atoms with Crippen molar-refractivity contribution in [1.29, 1.82) is 0 Å². The van der Waals surface area contributed by atoms with Crippen LogP contribution in [0.5, 0.6) is 5.75 Å². The number of nitrogens with one attached hydrogen (secondary N) is 2. The number of amides is 3. The molecule has 5 aromatic carbocycles. The van der Waals surface area contributed by atoms with Crippen molar-refractivity contribution in [2.24, 2.45) is 5.92 Å². The predicted octanol–water partition coefficient (Wildman–Crippen LogP) is 8.29. The lowest BCUT2D eigenvalue weighted by atomic mass is 9.82. The van der Waals surface area contributed by atoms with Crippen molar-refractivity contribution in [1.82, 2.24) is 9.88 Å². The maximum absolute atomic E-state index is 15.4. The molecule has 10 nitrogen and oxygen atoms in total. The summed E-state index contributed by atoms with van der Waals surface area (Å²) in [6.45, 7) is 7.35. The van der Waals surface area contributed by atoms with Crippen LogP contribution in [0.4, 0.5) is 11.4 Å². The van der Waals surface area contributed by atoms with Crippen LogP contribution >= 0.6 is 15.9 Å². The molecule has 0 unspecified atom stereocenters. The van der Waals surface area contributed by atoms with Crippen molar-refractivity contribution >= 4 is 69.2 Å². The molecule has 1 spiro atoms. The van der Waals surface area contributed by atoms with Crippen LogP contribution in [0.15, 0.2) is 132 Å². The number of hydrogen-bond acceptors (Lipinski definition) is 6. The third-order valence-electron chi connectivity index (χ3n) is 12.7. The predicted molar refractivity (Wildman–Crippen MR) is 246 cm³/mol. The lowest BCUT2D eigenvalue weighted by Gasteiger charge is -2.37. The van der Waals surface area contributed by atoms with Crippen LogP contribution in [-0.2, 0) is 44.2 Å². The number of fused-ring (bicyclic) bond motifs is 3. The number of H-pyrrole nitrogens is 1. The van der Waals surface area contributed by atoms with Crippen molar-refractivity contribution < 1.29 is 29.0 Å². The largest absolute Gasteiger partial charge is 0.497 e. The normalized spacial score (nSPS) is 19.7. The summed E-state index contributed by atoms with van der Waals surface area (Å²) >= 11 is 3.70. The number of benzene rings is 5. The molecule has 12 heteroatoms. The van der Waals surface area contributed by atoms with Gasteiger partial charge in [-0.15, -0.1) is 0 Å². The number of rotatable bonds is 14. The van der Waals surface area contributed by atoms with Gasteiger partial charge in [-0.05, 0) is 70.8 Å². The SMILES string of the molecule is COc1ccc([Si](C)(C)[C@@H]2[C@@H](CC(=O)N(CCO)Cc3ccccc3)O[C@]3(C(=O)N(Cc4ccc(NC(=O)Cc5c[nH]c6ccccc56)cc4)c4ccc(Br)cc43)[C@H]2C)cc1. The van der Waals surface area contributed by atoms with Crippen molar-refractivity contribution in [2.75, 3.05) is 30.5 Å². The number of carbonyl (C=O) groups is 3. The van der Waals surface area contributed by atoms with E-state index in [0.29, 0.717) is 12.2 Å². The number of para-hydroxylation sites is 1. The summed E-state index contributed by atoms with van der Waals surface area (Å²) in [5, 5.41) is 15.3. The van der Waals surface area contributed by atoms with Crippen LogP contribution in [-0.4, -0.2) is 67.2 Å². The minimum Gasteiger partial charge on any atom is -0.497 e. The average molecular weight is 900 g/mol. The second-order valence-corrected chi connectivity index (χ2v) is 22.3. The highest BCUT2D eigenvalue weighted by Crippen LogP contribution is 2.60. The molecule has 1 fully saturated rings. The zero-order valence-corrected chi connectivity index (χ0v) is 37.4. The van der Waals surface area contributed by atoms with E-state index in [1.165, 1.54) is 5.19 Å². The number of aromatic amines is 1. The highest BCUT2D eigenvalue weighted by molar-refractivity contribution is 9.10. The Kier molecular flexibility index (Phi) is 12.1. The first kappa shape index (κ1) is 42.2. The fraction of sp³-hybridized carbons (Fsp3) is 0.286. The number of halogens is 1. The highest BCUT2D eigenvalue weighted by Gasteiger charge is 2.66. The number of nitrogens with zero attached hydrogens (tertiary/aromatic N) is 2. The summed E-state index contributed by atoms with van der Waals surface area (Å²) in [5.74, 6) is 0.0237. The molecule has 3 heterocycles. The van der Waals surface area contributed by atoms with Crippen molar-refractivity contribution in [3.05, 3.63) is 154 Å². The molecule has 314 valence electrons. The fourth-order valence-electron chi connectivity index (χ4n) is 9.69. The molecule has 0 bridgehead atoms. The lowest BCUT2D eigenvalue weighted by Crippen LogP contribution is -2.52. The van der Waals surface area contributed by atoms with E-state index in [9.17, 15) is 14.7 Å². The quantitative estimate of drug-likeness (QED) is 0.0947. The van der Waals surface area contributed by atoms with Gasteiger partial charge in [-0.3, -0.25) is 14.4 Å². The number of ether oxygens (including phenoxy) is 2. The molecule has 1 aromatic heterocycles. The van der Waals surface area contributed by atoms with Crippen molar-refractivity contribution in [3.8, 4) is 5.75 Å². The molecule has 8 rings (SSSR count). The first-order valence-corrected chi connectivity index (χ1v) is 24.6. The van der Waals surface area contributed by atoms with Gasteiger partial charge in [0.1, 0.15) is 5.75 Å². The molecular weight excluding hydrogens is 849 g/mol. The lowest BCUT2D eigenvalue weighted by molar-refractivity contribution is -0.150. The molecule has 2 aliphatic heterocycles. The van der Waals surface area contributed by atoms with Crippen molar-refractivity contribution in [3.63, 3.8) is 0 Å². The highest BCUT2D eigenvalue weighted by atomic mass is 79.9.